The van der Waals surface area contributed by atoms with Gasteiger partial charge < -0.3 is 24.8 Å². The Morgan fingerprint density at radius 1 is 1.46 bits per heavy atom. The molecular weight excluding hydrogens is 366 g/mol. The second kappa shape index (κ2) is 9.14. The second-order valence-electron chi connectivity index (χ2n) is 6.31. The van der Waals surface area contributed by atoms with E-state index in [0.29, 0.717) is 37.3 Å². The summed E-state index contributed by atoms with van der Waals surface area (Å²) in [5, 5.41) is 15.6. The Kier molecular flexibility index (Phi) is 6.38. The zero-order valence-electron chi connectivity index (χ0n) is 15.2. The molecule has 2 aliphatic heterocycles. The molecule has 0 unspecified atom stereocenters. The Balaban J connectivity index is 1.76. The molecule has 0 saturated carbocycles. The summed E-state index contributed by atoms with van der Waals surface area (Å²) in [6, 6.07) is 4.15. The van der Waals surface area contributed by atoms with Gasteiger partial charge in [-0.15, -0.1) is 0 Å². The van der Waals surface area contributed by atoms with Crippen molar-refractivity contribution in [3.05, 3.63) is 52.1 Å². The molecule has 1 amide bonds. The van der Waals surface area contributed by atoms with Crippen molar-refractivity contribution in [1.82, 2.24) is 10.2 Å². The molecule has 1 fully saturated rings. The second-order valence-corrected chi connectivity index (χ2v) is 6.31. The van der Waals surface area contributed by atoms with Crippen LogP contribution in [0.4, 0.5) is 0 Å². The van der Waals surface area contributed by atoms with E-state index in [9.17, 15) is 19.6 Å². The van der Waals surface area contributed by atoms with Gasteiger partial charge in [-0.25, -0.2) is 0 Å². The van der Waals surface area contributed by atoms with Gasteiger partial charge in [0.05, 0.1) is 30.4 Å². The number of benzene rings is 1. The van der Waals surface area contributed by atoms with Crippen molar-refractivity contribution in [3.8, 4) is 11.5 Å². The number of nitrogens with zero attached hydrogens (tertiary/aromatic N) is 2. The van der Waals surface area contributed by atoms with Crippen molar-refractivity contribution in [2.75, 3.05) is 39.5 Å². The van der Waals surface area contributed by atoms with Crippen LogP contribution in [0.25, 0.3) is 0 Å². The fourth-order valence-corrected chi connectivity index (χ4v) is 3.14. The molecule has 148 valence electrons. The fraction of sp³-hybridized carbons (Fsp3) is 0.368. The number of nitrogens with one attached hydrogen (secondary N) is 1. The molecule has 9 nitrogen and oxygen atoms in total. The maximum atomic E-state index is 13.1. The molecule has 1 aromatic carbocycles. The summed E-state index contributed by atoms with van der Waals surface area (Å²) in [5.41, 5.74) is 0.937. The number of nitroso groups, excluding NO2 is 1. The van der Waals surface area contributed by atoms with Gasteiger partial charge in [0.2, 0.25) is 0 Å². The Morgan fingerprint density at radius 3 is 3.11 bits per heavy atom. The van der Waals surface area contributed by atoms with Crippen molar-refractivity contribution in [2.45, 2.75) is 6.04 Å². The van der Waals surface area contributed by atoms with E-state index in [-0.39, 0.29) is 42.7 Å². The zero-order valence-corrected chi connectivity index (χ0v) is 15.2. The molecule has 1 aromatic rings. The molecule has 0 radical (unpaired) electrons. The van der Waals surface area contributed by atoms with Crippen LogP contribution in [0.1, 0.15) is 10.4 Å². The zero-order chi connectivity index (χ0) is 19.9. The highest BCUT2D eigenvalue weighted by Crippen LogP contribution is 2.26. The molecule has 2 aliphatic rings. The Hall–Kier alpha value is -3.20. The number of ether oxygens (including phenoxy) is 2. The van der Waals surface area contributed by atoms with Crippen LogP contribution in [0.2, 0.25) is 0 Å². The topological polar surface area (TPSA) is 118 Å². The normalized spacial score (nSPS) is 19.1. The van der Waals surface area contributed by atoms with E-state index in [4.69, 9.17) is 9.47 Å². The van der Waals surface area contributed by atoms with Gasteiger partial charge in [0.1, 0.15) is 24.7 Å². The third-order valence-electron chi connectivity index (χ3n) is 4.58. The minimum Gasteiger partial charge on any atom is -0.507 e. The molecule has 2 heterocycles. The lowest BCUT2D eigenvalue weighted by Crippen LogP contribution is -2.52. The maximum Gasteiger partial charge on any atom is 0.256 e. The summed E-state index contributed by atoms with van der Waals surface area (Å²) < 4.78 is 11.2. The fourth-order valence-electron chi connectivity index (χ4n) is 3.14. The van der Waals surface area contributed by atoms with Crippen LogP contribution in [0, 0.1) is 4.91 Å². The van der Waals surface area contributed by atoms with E-state index >= 15 is 0 Å². The molecule has 3 rings (SSSR count). The highest BCUT2D eigenvalue weighted by Gasteiger charge is 2.31. The number of aldehydes is 1. The highest BCUT2D eigenvalue weighted by molar-refractivity contribution is 5.97. The number of phenolic OH excluding ortho intramolecular Hbond substituents is 1. The van der Waals surface area contributed by atoms with Crippen LogP contribution in [0.15, 0.2) is 46.8 Å². The van der Waals surface area contributed by atoms with E-state index in [2.05, 4.69) is 10.5 Å². The van der Waals surface area contributed by atoms with Crippen LogP contribution in [-0.2, 0) is 9.53 Å². The molecule has 2 N–H and O–H groups in total. The van der Waals surface area contributed by atoms with E-state index < -0.39 is 6.04 Å². The quantitative estimate of drug-likeness (QED) is 0.529. The summed E-state index contributed by atoms with van der Waals surface area (Å²) in [6.45, 7) is 1.53. The number of hydrogen-bond acceptors (Lipinski definition) is 8. The molecule has 0 bridgehead atoms. The van der Waals surface area contributed by atoms with E-state index in [0.717, 1.165) is 0 Å². The van der Waals surface area contributed by atoms with E-state index in [1.54, 1.807) is 29.2 Å². The number of carbonyl (C=O) groups is 2. The number of carbonyl (C=O) groups excluding carboxylic acids is 2. The molecule has 9 heteroatoms. The first-order valence-electron chi connectivity index (χ1n) is 8.87. The monoisotopic (exact) mass is 387 g/mol. The molecule has 28 heavy (non-hydrogen) atoms. The Bertz CT molecular complexity index is 820. The SMILES string of the molecule is O=Cc1c(O)cccc1OC[C@@H]1COCCN1C(=O)C1=C(CN=O)NCC=C1. The van der Waals surface area contributed by atoms with Crippen LogP contribution >= 0.6 is 0 Å². The minimum atomic E-state index is -0.392. The number of hydrogen-bond donors (Lipinski definition) is 2. The first-order chi connectivity index (χ1) is 13.7. The predicted molar refractivity (Wildman–Crippen MR) is 100 cm³/mol. The van der Waals surface area contributed by atoms with Crippen LogP contribution < -0.4 is 10.1 Å². The lowest BCUT2D eigenvalue weighted by Gasteiger charge is -2.36. The summed E-state index contributed by atoms with van der Waals surface area (Å²) in [5.74, 6) is -0.183. The van der Waals surface area contributed by atoms with Gasteiger partial charge in [0, 0.05) is 18.8 Å². The number of rotatable bonds is 7. The van der Waals surface area contributed by atoms with Crippen LogP contribution in [0.3, 0.4) is 0 Å². The number of aromatic hydroxyl groups is 1. The van der Waals surface area contributed by atoms with Crippen molar-refractivity contribution >= 4 is 12.2 Å². The van der Waals surface area contributed by atoms with Gasteiger partial charge in [-0.3, -0.25) is 9.59 Å². The highest BCUT2D eigenvalue weighted by atomic mass is 16.5. The van der Waals surface area contributed by atoms with Crippen LogP contribution in [-0.4, -0.2) is 67.7 Å². The maximum absolute atomic E-state index is 13.1. The molecule has 0 aliphatic carbocycles. The summed E-state index contributed by atoms with van der Waals surface area (Å²) >= 11 is 0. The van der Waals surface area contributed by atoms with Gasteiger partial charge >= 0.3 is 0 Å². The largest absolute Gasteiger partial charge is 0.507 e. The molecule has 1 atom stereocenters. The van der Waals surface area contributed by atoms with Crippen molar-refractivity contribution < 1.29 is 24.2 Å². The predicted octanol–water partition coefficient (Wildman–Crippen LogP) is 0.991. The number of phenols is 1. The number of dihydropyridines is 1. The molecule has 0 spiro atoms. The Morgan fingerprint density at radius 2 is 2.32 bits per heavy atom. The van der Waals surface area contributed by atoms with E-state index in [1.165, 1.54) is 6.07 Å². The molecule has 0 aromatic heterocycles. The third-order valence-corrected chi connectivity index (χ3v) is 4.58. The number of amides is 1. The summed E-state index contributed by atoms with van der Waals surface area (Å²) in [4.78, 5) is 36.6. The van der Waals surface area contributed by atoms with Gasteiger partial charge in [-0.1, -0.05) is 17.3 Å². The standard InChI is InChI=1S/C19H21N3O6/c23-10-15-17(24)4-1-5-18(15)28-12-13-11-27-8-7-22(13)19(25)14-3-2-6-20-16(14)9-21-26/h1-5,10,13,20,24H,6-9,11-12H2/t13-/m0/s1. The smallest absolute Gasteiger partial charge is 0.256 e. The van der Waals surface area contributed by atoms with Crippen molar-refractivity contribution in [2.24, 2.45) is 5.18 Å². The van der Waals surface area contributed by atoms with Crippen molar-refractivity contribution in [1.29, 1.82) is 0 Å². The van der Waals surface area contributed by atoms with Gasteiger partial charge in [-0.05, 0) is 18.2 Å². The average Bonchev–Trinajstić information content (AvgIpc) is 2.72. The lowest BCUT2D eigenvalue weighted by molar-refractivity contribution is -0.136. The first kappa shape index (κ1) is 19.6. The van der Waals surface area contributed by atoms with E-state index in [1.807, 2.05) is 0 Å². The lowest BCUT2D eigenvalue weighted by atomic mass is 10.1. The molecule has 1 saturated heterocycles. The Labute approximate surface area is 161 Å². The molecular formula is C19H21N3O6. The average molecular weight is 387 g/mol. The minimum absolute atomic E-state index is 0.0542. The van der Waals surface area contributed by atoms with Gasteiger partial charge in [0.25, 0.3) is 5.91 Å². The van der Waals surface area contributed by atoms with Gasteiger partial charge in [0.15, 0.2) is 6.29 Å². The first-order valence-corrected chi connectivity index (χ1v) is 8.87. The summed E-state index contributed by atoms with van der Waals surface area (Å²) in [7, 11) is 0. The van der Waals surface area contributed by atoms with Gasteiger partial charge in [-0.2, -0.15) is 4.91 Å². The number of morpholine rings is 1. The van der Waals surface area contributed by atoms with Crippen LogP contribution in [0.5, 0.6) is 11.5 Å². The third kappa shape index (κ3) is 4.20. The summed E-state index contributed by atoms with van der Waals surface area (Å²) in [6.07, 6.45) is 4.01. The van der Waals surface area contributed by atoms with Crippen molar-refractivity contribution in [3.63, 3.8) is 0 Å².